The van der Waals surface area contributed by atoms with E-state index in [2.05, 4.69) is 32.2 Å². The molecule has 3 aliphatic heterocycles. The summed E-state index contributed by atoms with van der Waals surface area (Å²) in [5.74, 6) is 0.777. The number of hydrogen-bond acceptors (Lipinski definition) is 6. The second kappa shape index (κ2) is 8.17. The summed E-state index contributed by atoms with van der Waals surface area (Å²) < 4.78 is 12.3. The van der Waals surface area contributed by atoms with Gasteiger partial charge in [-0.3, -0.25) is 0 Å². The number of pyridine rings is 1. The predicted octanol–water partition coefficient (Wildman–Crippen LogP) is 2.44. The number of anilines is 1. The average Bonchev–Trinajstić information content (AvgIpc) is 2.70. The molecule has 4 fully saturated rings. The zero-order chi connectivity index (χ0) is 18.8. The van der Waals surface area contributed by atoms with E-state index in [4.69, 9.17) is 9.47 Å². The molecule has 1 saturated carbocycles. The number of hydrogen-bond donors (Lipinski definition) is 1. The largest absolute Gasteiger partial charge is 0.474 e. The Labute approximate surface area is 168 Å². The maximum Gasteiger partial charge on any atom is 0.213 e. The molecule has 6 heteroatoms. The fourth-order valence-corrected chi connectivity index (χ4v) is 5.11. The number of likely N-dealkylation sites (tertiary alicyclic amines) is 1. The lowest BCUT2D eigenvalue weighted by molar-refractivity contribution is -0.0799. The highest BCUT2D eigenvalue weighted by Crippen LogP contribution is 2.31. The molecular weight excluding hydrogens is 352 g/mol. The summed E-state index contributed by atoms with van der Waals surface area (Å²) in [4.78, 5) is 9.70. The minimum Gasteiger partial charge on any atom is -0.474 e. The van der Waals surface area contributed by atoms with Gasteiger partial charge in [0.15, 0.2) is 0 Å². The molecule has 0 atom stereocenters. The Morgan fingerprint density at radius 3 is 2.50 bits per heavy atom. The van der Waals surface area contributed by atoms with Crippen LogP contribution < -0.4 is 15.0 Å². The molecule has 0 amide bonds. The Bertz CT molecular complexity index is 624. The highest BCUT2D eigenvalue weighted by atomic mass is 16.5. The molecule has 154 valence electrons. The lowest BCUT2D eigenvalue weighted by Crippen LogP contribution is -2.55. The first kappa shape index (κ1) is 18.6. The van der Waals surface area contributed by atoms with Gasteiger partial charge in [0.25, 0.3) is 0 Å². The fourth-order valence-electron chi connectivity index (χ4n) is 5.11. The van der Waals surface area contributed by atoms with E-state index in [0.717, 1.165) is 70.4 Å². The van der Waals surface area contributed by atoms with Crippen molar-refractivity contribution in [3.8, 4) is 5.88 Å². The normalized spacial score (nSPS) is 26.9. The average molecular weight is 387 g/mol. The smallest absolute Gasteiger partial charge is 0.213 e. The molecule has 0 bridgehead atoms. The van der Waals surface area contributed by atoms with E-state index < -0.39 is 0 Å². The first-order chi connectivity index (χ1) is 13.8. The van der Waals surface area contributed by atoms with Crippen molar-refractivity contribution in [1.29, 1.82) is 0 Å². The van der Waals surface area contributed by atoms with Crippen LogP contribution in [0.1, 0.15) is 44.9 Å². The Hall–Kier alpha value is -1.37. The van der Waals surface area contributed by atoms with Crippen molar-refractivity contribution >= 4 is 5.69 Å². The molecular formula is C22H34N4O2. The number of nitrogens with zero attached hydrogens (tertiary/aromatic N) is 3. The van der Waals surface area contributed by atoms with Gasteiger partial charge in [-0.05, 0) is 44.6 Å². The second-order valence-corrected chi connectivity index (χ2v) is 8.99. The molecule has 1 aromatic rings. The maximum atomic E-state index is 6.18. The van der Waals surface area contributed by atoms with Crippen LogP contribution in [0, 0.1) is 0 Å². The van der Waals surface area contributed by atoms with Gasteiger partial charge in [0.05, 0.1) is 24.1 Å². The fraction of sp³-hybridized carbons (Fsp3) is 0.773. The summed E-state index contributed by atoms with van der Waals surface area (Å²) in [7, 11) is 0. The molecule has 3 saturated heterocycles. The van der Waals surface area contributed by atoms with E-state index in [-0.39, 0.29) is 5.60 Å². The summed E-state index contributed by atoms with van der Waals surface area (Å²) in [5, 5.41) is 3.49. The highest BCUT2D eigenvalue weighted by Gasteiger charge is 2.37. The highest BCUT2D eigenvalue weighted by molar-refractivity contribution is 5.46. The van der Waals surface area contributed by atoms with Crippen LogP contribution in [0.3, 0.4) is 0 Å². The quantitative estimate of drug-likeness (QED) is 0.858. The van der Waals surface area contributed by atoms with Gasteiger partial charge in [-0.15, -0.1) is 0 Å². The zero-order valence-electron chi connectivity index (χ0n) is 16.9. The van der Waals surface area contributed by atoms with E-state index in [1.165, 1.54) is 38.0 Å². The summed E-state index contributed by atoms with van der Waals surface area (Å²) >= 11 is 0. The predicted molar refractivity (Wildman–Crippen MR) is 110 cm³/mol. The summed E-state index contributed by atoms with van der Waals surface area (Å²) in [6.45, 7) is 7.24. The van der Waals surface area contributed by atoms with Crippen molar-refractivity contribution < 1.29 is 9.47 Å². The minimum absolute atomic E-state index is 0.0551. The van der Waals surface area contributed by atoms with Crippen LogP contribution in [0.25, 0.3) is 0 Å². The molecule has 4 heterocycles. The van der Waals surface area contributed by atoms with Gasteiger partial charge in [-0.2, -0.15) is 0 Å². The van der Waals surface area contributed by atoms with Crippen molar-refractivity contribution in [2.75, 3.05) is 50.8 Å². The van der Waals surface area contributed by atoms with Crippen molar-refractivity contribution in [1.82, 2.24) is 15.2 Å². The minimum atomic E-state index is 0.0551. The number of morpholine rings is 1. The third-order valence-corrected chi connectivity index (χ3v) is 7.25. The van der Waals surface area contributed by atoms with E-state index in [1.54, 1.807) is 0 Å². The lowest BCUT2D eigenvalue weighted by atomic mass is 9.90. The monoisotopic (exact) mass is 386 g/mol. The van der Waals surface area contributed by atoms with Crippen LogP contribution in [0.2, 0.25) is 0 Å². The number of ether oxygens (including phenoxy) is 2. The van der Waals surface area contributed by atoms with Gasteiger partial charge >= 0.3 is 0 Å². The van der Waals surface area contributed by atoms with E-state index >= 15 is 0 Å². The molecule has 6 nitrogen and oxygen atoms in total. The maximum absolute atomic E-state index is 6.18. The summed E-state index contributed by atoms with van der Waals surface area (Å²) in [6.07, 6.45) is 10.9. The van der Waals surface area contributed by atoms with E-state index in [9.17, 15) is 0 Å². The van der Waals surface area contributed by atoms with Gasteiger partial charge in [0.1, 0.15) is 6.10 Å². The van der Waals surface area contributed by atoms with Crippen molar-refractivity contribution in [2.45, 2.75) is 62.7 Å². The number of aromatic nitrogens is 1. The van der Waals surface area contributed by atoms with Crippen LogP contribution in [-0.2, 0) is 4.74 Å². The van der Waals surface area contributed by atoms with Crippen LogP contribution in [0.4, 0.5) is 5.69 Å². The Balaban J connectivity index is 1.10. The Morgan fingerprint density at radius 2 is 1.89 bits per heavy atom. The lowest BCUT2D eigenvalue weighted by Gasteiger charge is -2.44. The first-order valence-electron chi connectivity index (χ1n) is 11.3. The molecule has 1 aliphatic carbocycles. The number of piperidine rings is 2. The molecule has 1 spiro atoms. The van der Waals surface area contributed by atoms with Gasteiger partial charge in [-0.1, -0.05) is 6.42 Å². The molecule has 5 rings (SSSR count). The SMILES string of the molecule is c1cc(OC2CCN(C3CCC3)CC2)ncc1N1CCC2(CC1)CNCCO2. The molecule has 28 heavy (non-hydrogen) atoms. The van der Waals surface area contributed by atoms with Crippen LogP contribution in [0.15, 0.2) is 18.3 Å². The number of rotatable bonds is 4. The van der Waals surface area contributed by atoms with Crippen molar-refractivity contribution in [3.63, 3.8) is 0 Å². The number of nitrogens with one attached hydrogen (secondary N) is 1. The molecule has 0 aromatic carbocycles. The van der Waals surface area contributed by atoms with Crippen LogP contribution in [0.5, 0.6) is 5.88 Å². The molecule has 0 radical (unpaired) electrons. The second-order valence-electron chi connectivity index (χ2n) is 8.99. The van der Waals surface area contributed by atoms with Crippen molar-refractivity contribution in [2.24, 2.45) is 0 Å². The summed E-state index contributed by atoms with van der Waals surface area (Å²) in [5.41, 5.74) is 1.25. The molecule has 0 unspecified atom stereocenters. The molecule has 4 aliphatic rings. The van der Waals surface area contributed by atoms with Crippen molar-refractivity contribution in [3.05, 3.63) is 18.3 Å². The van der Waals surface area contributed by atoms with E-state index in [1.807, 2.05) is 6.20 Å². The van der Waals surface area contributed by atoms with Gasteiger partial charge < -0.3 is 24.6 Å². The molecule has 1 N–H and O–H groups in total. The van der Waals surface area contributed by atoms with E-state index in [0.29, 0.717) is 6.10 Å². The van der Waals surface area contributed by atoms with Crippen LogP contribution >= 0.6 is 0 Å². The standard InChI is InChI=1S/C22H34N4O2/c1-2-18(3-1)25-11-6-20(7-12-25)28-21-5-4-19(16-24-21)26-13-8-22(9-14-26)17-23-10-15-27-22/h4-5,16,18,20,23H,1-3,6-15,17H2. The third-order valence-electron chi connectivity index (χ3n) is 7.25. The van der Waals surface area contributed by atoms with Gasteiger partial charge in [-0.25, -0.2) is 4.98 Å². The summed E-state index contributed by atoms with van der Waals surface area (Å²) in [6, 6.07) is 5.08. The third kappa shape index (κ3) is 4.00. The topological polar surface area (TPSA) is 49.9 Å². The molecule has 1 aromatic heterocycles. The Kier molecular flexibility index (Phi) is 5.44. The van der Waals surface area contributed by atoms with Gasteiger partial charge in [0, 0.05) is 51.4 Å². The van der Waals surface area contributed by atoms with Crippen LogP contribution in [-0.4, -0.2) is 73.5 Å². The first-order valence-corrected chi connectivity index (χ1v) is 11.3. The zero-order valence-corrected chi connectivity index (χ0v) is 16.9. The Morgan fingerprint density at radius 1 is 1.07 bits per heavy atom. The van der Waals surface area contributed by atoms with Gasteiger partial charge in [0.2, 0.25) is 5.88 Å².